The third-order valence-electron chi connectivity index (χ3n) is 4.87. The number of aromatic nitrogens is 4. The summed E-state index contributed by atoms with van der Waals surface area (Å²) in [5, 5.41) is 33.6. The number of hydrogen-bond donors (Lipinski definition) is 3. The van der Waals surface area contributed by atoms with Gasteiger partial charge in [0.25, 0.3) is 11.8 Å². The molecule has 4 rings (SSSR count). The lowest BCUT2D eigenvalue weighted by Gasteiger charge is -2.49. The van der Waals surface area contributed by atoms with E-state index in [1.165, 1.54) is 33.1 Å². The summed E-state index contributed by atoms with van der Waals surface area (Å²) in [6.07, 6.45) is -1.42. The fraction of sp³-hybridized carbons (Fsp3) is 0.333. The molecule has 2 unspecified atom stereocenters. The molecule has 162 valence electrons. The summed E-state index contributed by atoms with van der Waals surface area (Å²) in [7, 11) is 1.68. The van der Waals surface area contributed by atoms with Crippen LogP contribution in [-0.2, 0) is 21.4 Å². The van der Waals surface area contributed by atoms with E-state index in [0.717, 1.165) is 0 Å². The molecule has 0 saturated carbocycles. The van der Waals surface area contributed by atoms with Gasteiger partial charge in [-0.05, 0) is 21.6 Å². The first-order valence-corrected chi connectivity index (χ1v) is 11.2. The Balaban J connectivity index is 1.46. The highest BCUT2D eigenvalue weighted by Crippen LogP contribution is 2.41. The Kier molecular flexibility index (Phi) is 5.98. The maximum atomic E-state index is 12.7. The van der Waals surface area contributed by atoms with E-state index in [1.807, 2.05) is 0 Å². The van der Waals surface area contributed by atoms with Gasteiger partial charge in [-0.15, -0.1) is 16.9 Å². The number of carboxylic acid groups (broad SMARTS) is 1. The molecule has 0 radical (unpaired) electrons. The molecular formula is C18H18N6O5S2. The van der Waals surface area contributed by atoms with Crippen LogP contribution >= 0.6 is 23.5 Å². The first kappa shape index (κ1) is 21.3. The van der Waals surface area contributed by atoms with Crippen LogP contribution in [0.3, 0.4) is 0 Å². The molecule has 1 aromatic carbocycles. The number of fused-ring (bicyclic) bond motifs is 1. The molecule has 0 bridgehead atoms. The second-order valence-electron chi connectivity index (χ2n) is 6.84. The van der Waals surface area contributed by atoms with Crippen molar-refractivity contribution >= 4 is 41.3 Å². The molecular weight excluding hydrogens is 444 g/mol. The fourth-order valence-electron chi connectivity index (χ4n) is 3.31. The highest BCUT2D eigenvalue weighted by Gasteiger charge is 2.54. The predicted molar refractivity (Wildman–Crippen MR) is 111 cm³/mol. The molecule has 11 nitrogen and oxygen atoms in total. The smallest absolute Gasteiger partial charge is 0.352 e. The van der Waals surface area contributed by atoms with Crippen LogP contribution in [0.15, 0.2) is 46.8 Å². The van der Waals surface area contributed by atoms with E-state index < -0.39 is 35.3 Å². The number of carbonyl (C=O) groups is 3. The SMILES string of the molecule is Cn1nnnc1SCC1=C(C(=O)O)N2C(=O)C(NC(=O)[C@H](O)c3ccccc3)C2SC1. The van der Waals surface area contributed by atoms with Gasteiger partial charge >= 0.3 is 5.97 Å². The number of thioether (sulfide) groups is 2. The molecule has 2 aliphatic heterocycles. The van der Waals surface area contributed by atoms with Gasteiger partial charge < -0.3 is 15.5 Å². The van der Waals surface area contributed by atoms with E-state index in [0.29, 0.717) is 27.8 Å². The van der Waals surface area contributed by atoms with E-state index in [1.54, 1.807) is 37.4 Å². The monoisotopic (exact) mass is 462 g/mol. The number of nitrogens with one attached hydrogen (secondary N) is 1. The third kappa shape index (κ3) is 4.03. The van der Waals surface area contributed by atoms with E-state index >= 15 is 0 Å². The molecule has 2 aromatic rings. The quantitative estimate of drug-likeness (QED) is 0.372. The second-order valence-corrected chi connectivity index (χ2v) is 8.89. The minimum absolute atomic E-state index is 0.0783. The van der Waals surface area contributed by atoms with Gasteiger partial charge in [-0.25, -0.2) is 9.48 Å². The first-order valence-electron chi connectivity index (χ1n) is 9.17. The minimum atomic E-state index is -1.42. The Bertz CT molecular complexity index is 1060. The topological polar surface area (TPSA) is 151 Å². The molecule has 3 heterocycles. The lowest BCUT2D eigenvalue weighted by molar-refractivity contribution is -0.151. The summed E-state index contributed by atoms with van der Waals surface area (Å²) in [6, 6.07) is 7.46. The van der Waals surface area contributed by atoms with E-state index in [4.69, 9.17) is 0 Å². The largest absolute Gasteiger partial charge is 0.477 e. The number of aliphatic carboxylic acids is 1. The number of carboxylic acids is 1. The number of rotatable bonds is 7. The molecule has 31 heavy (non-hydrogen) atoms. The van der Waals surface area contributed by atoms with Gasteiger partial charge in [0.05, 0.1) is 0 Å². The highest BCUT2D eigenvalue weighted by atomic mass is 32.2. The average Bonchev–Trinajstić information content (AvgIpc) is 3.19. The van der Waals surface area contributed by atoms with Gasteiger partial charge in [-0.3, -0.25) is 14.5 Å². The van der Waals surface area contributed by atoms with Crippen LogP contribution in [0, 0.1) is 0 Å². The van der Waals surface area contributed by atoms with Crippen LogP contribution in [-0.4, -0.2) is 76.0 Å². The highest BCUT2D eigenvalue weighted by molar-refractivity contribution is 8.01. The van der Waals surface area contributed by atoms with Gasteiger partial charge in [-0.1, -0.05) is 42.1 Å². The van der Waals surface area contributed by atoms with E-state index in [-0.39, 0.29) is 5.70 Å². The number of nitrogens with zero attached hydrogens (tertiary/aromatic N) is 5. The van der Waals surface area contributed by atoms with E-state index in [9.17, 15) is 24.6 Å². The fourth-order valence-corrected chi connectivity index (χ4v) is 5.64. The van der Waals surface area contributed by atoms with Gasteiger partial charge in [0.15, 0.2) is 6.10 Å². The summed E-state index contributed by atoms with van der Waals surface area (Å²) >= 11 is 2.64. The van der Waals surface area contributed by atoms with Crippen molar-refractivity contribution in [2.45, 2.75) is 22.7 Å². The van der Waals surface area contributed by atoms with Gasteiger partial charge in [0.2, 0.25) is 5.16 Å². The molecule has 1 fully saturated rings. The average molecular weight is 463 g/mol. The maximum Gasteiger partial charge on any atom is 0.352 e. The minimum Gasteiger partial charge on any atom is -0.477 e. The van der Waals surface area contributed by atoms with Crippen molar-refractivity contribution in [1.82, 2.24) is 30.4 Å². The number of aryl methyl sites for hydroxylation is 1. The summed E-state index contributed by atoms with van der Waals surface area (Å²) in [5.74, 6) is -1.75. The molecule has 1 aromatic heterocycles. The van der Waals surface area contributed by atoms with Crippen molar-refractivity contribution < 1.29 is 24.6 Å². The third-order valence-corrected chi connectivity index (χ3v) is 7.30. The maximum absolute atomic E-state index is 12.7. The zero-order valence-electron chi connectivity index (χ0n) is 16.2. The number of aliphatic hydroxyl groups excluding tert-OH is 1. The van der Waals surface area contributed by atoms with Gasteiger partial charge in [-0.2, -0.15) is 0 Å². The Morgan fingerprint density at radius 1 is 1.35 bits per heavy atom. The van der Waals surface area contributed by atoms with E-state index in [2.05, 4.69) is 20.8 Å². The number of β-lactam (4-membered cyclic amide) rings is 1. The molecule has 1 saturated heterocycles. The summed E-state index contributed by atoms with van der Waals surface area (Å²) in [4.78, 5) is 38.2. The summed E-state index contributed by atoms with van der Waals surface area (Å²) in [6.45, 7) is 0. The van der Waals surface area contributed by atoms with Crippen molar-refractivity contribution in [3.8, 4) is 0 Å². The van der Waals surface area contributed by atoms with Crippen LogP contribution in [0.1, 0.15) is 11.7 Å². The van der Waals surface area contributed by atoms with Crippen molar-refractivity contribution in [3.63, 3.8) is 0 Å². The normalized spacial score (nSPS) is 21.4. The van der Waals surface area contributed by atoms with Crippen molar-refractivity contribution in [1.29, 1.82) is 0 Å². The van der Waals surface area contributed by atoms with Crippen molar-refractivity contribution in [2.24, 2.45) is 7.05 Å². The zero-order valence-corrected chi connectivity index (χ0v) is 17.8. The number of benzene rings is 1. The summed E-state index contributed by atoms with van der Waals surface area (Å²) in [5.41, 5.74) is 0.901. The molecule has 13 heteroatoms. The molecule has 0 aliphatic carbocycles. The Labute approximate surface area is 184 Å². The van der Waals surface area contributed by atoms with Crippen molar-refractivity contribution in [2.75, 3.05) is 11.5 Å². The lowest BCUT2D eigenvalue weighted by atomic mass is 10.0. The second kappa shape index (κ2) is 8.69. The number of aliphatic hydroxyl groups is 1. The Morgan fingerprint density at radius 3 is 2.74 bits per heavy atom. The number of amides is 2. The van der Waals surface area contributed by atoms with Crippen LogP contribution < -0.4 is 5.32 Å². The molecule has 3 N–H and O–H groups in total. The zero-order chi connectivity index (χ0) is 22.1. The molecule has 3 atom stereocenters. The predicted octanol–water partition coefficient (Wildman–Crippen LogP) is -0.226. The number of hydrogen-bond acceptors (Lipinski definition) is 9. The molecule has 0 spiro atoms. The van der Waals surface area contributed by atoms with Gasteiger partial charge in [0, 0.05) is 18.6 Å². The first-order chi connectivity index (χ1) is 14.9. The summed E-state index contributed by atoms with van der Waals surface area (Å²) < 4.78 is 1.48. The van der Waals surface area contributed by atoms with Crippen LogP contribution in [0.25, 0.3) is 0 Å². The Morgan fingerprint density at radius 2 is 2.10 bits per heavy atom. The van der Waals surface area contributed by atoms with Crippen LogP contribution in [0.4, 0.5) is 0 Å². The standard InChI is InChI=1S/C18H18N6O5S2/c1-23-18(20-21-22-23)31-8-10-7-30-16-11(15(27)24(16)12(10)17(28)29)19-14(26)13(25)9-5-3-2-4-6-9/h2-6,11,13,16,25H,7-8H2,1H3,(H,19,26)(H,28,29)/t11?,13-,16?/m1/s1. The van der Waals surface area contributed by atoms with Gasteiger partial charge in [0.1, 0.15) is 17.1 Å². The lowest BCUT2D eigenvalue weighted by Crippen LogP contribution is -2.70. The molecule has 2 aliphatic rings. The van der Waals surface area contributed by atoms with Crippen LogP contribution in [0.2, 0.25) is 0 Å². The number of tetrazole rings is 1. The van der Waals surface area contributed by atoms with Crippen LogP contribution in [0.5, 0.6) is 0 Å². The van der Waals surface area contributed by atoms with Crippen molar-refractivity contribution in [3.05, 3.63) is 47.2 Å². The molecule has 2 amide bonds. The number of carbonyl (C=O) groups excluding carboxylic acids is 2. The Hall–Kier alpha value is -2.90.